The van der Waals surface area contributed by atoms with Gasteiger partial charge in [0.2, 0.25) is 0 Å². The van der Waals surface area contributed by atoms with Crippen molar-refractivity contribution in [2.24, 2.45) is 0 Å². The Labute approximate surface area is 158 Å². The van der Waals surface area contributed by atoms with Crippen molar-refractivity contribution in [3.8, 4) is 0 Å². The molecule has 3 aromatic carbocycles. The number of fused-ring (bicyclic) bond motifs is 2. The molecule has 0 bridgehead atoms. The molecule has 5 nitrogen and oxygen atoms in total. The Balaban J connectivity index is 2.23. The van der Waals surface area contributed by atoms with Gasteiger partial charge in [0.25, 0.3) is 0 Å². The smallest absolute Gasteiger partial charge is 0.411 e. The van der Waals surface area contributed by atoms with Gasteiger partial charge in [-0.3, -0.25) is 5.32 Å². The van der Waals surface area contributed by atoms with Crippen LogP contribution in [0.5, 0.6) is 0 Å². The highest BCUT2D eigenvalue weighted by Gasteiger charge is 2.21. The molecule has 140 valence electrons. The fourth-order valence-electron chi connectivity index (χ4n) is 3.08. The van der Waals surface area contributed by atoms with Crippen LogP contribution in [-0.2, 0) is 9.47 Å². The first-order valence-corrected chi connectivity index (χ1v) is 9.15. The van der Waals surface area contributed by atoms with E-state index in [4.69, 9.17) is 9.47 Å². The van der Waals surface area contributed by atoms with Crippen molar-refractivity contribution in [2.45, 2.75) is 33.3 Å². The first-order valence-electron chi connectivity index (χ1n) is 9.15. The average Bonchev–Trinajstić information content (AvgIpc) is 2.67. The second kappa shape index (κ2) is 8.08. The first-order chi connectivity index (χ1) is 13.1. The molecule has 1 N–H and O–H groups in total. The summed E-state index contributed by atoms with van der Waals surface area (Å²) in [7, 11) is 0. The Morgan fingerprint density at radius 2 is 1.44 bits per heavy atom. The Morgan fingerprint density at radius 3 is 1.93 bits per heavy atom. The number of rotatable bonds is 5. The molecule has 0 fully saturated rings. The van der Waals surface area contributed by atoms with Gasteiger partial charge < -0.3 is 9.47 Å². The Kier molecular flexibility index (Phi) is 5.60. The molecule has 0 aliphatic rings. The minimum Gasteiger partial charge on any atom is -0.462 e. The molecule has 0 heterocycles. The maximum absolute atomic E-state index is 12.7. The summed E-state index contributed by atoms with van der Waals surface area (Å²) in [6, 6.07) is 14.9. The van der Waals surface area contributed by atoms with Crippen molar-refractivity contribution in [1.29, 1.82) is 0 Å². The van der Waals surface area contributed by atoms with Crippen molar-refractivity contribution >= 4 is 39.3 Å². The standard InChI is InChI=1S/C22H23NO4/c1-4-14(3)27-22(25)23-20-17-12-8-6-10-15(17)19(21(24)26-5-2)16-11-7-9-13-18(16)20/h6-14H,4-5H2,1-3H3,(H,23,25). The lowest BCUT2D eigenvalue weighted by molar-refractivity contribution is 0.0531. The summed E-state index contributed by atoms with van der Waals surface area (Å²) in [5.41, 5.74) is 1.13. The summed E-state index contributed by atoms with van der Waals surface area (Å²) in [5, 5.41) is 5.87. The molecule has 0 saturated heterocycles. The summed E-state index contributed by atoms with van der Waals surface area (Å²) < 4.78 is 10.7. The van der Waals surface area contributed by atoms with Gasteiger partial charge >= 0.3 is 12.1 Å². The van der Waals surface area contributed by atoms with Crippen molar-refractivity contribution in [2.75, 3.05) is 11.9 Å². The van der Waals surface area contributed by atoms with E-state index < -0.39 is 6.09 Å². The van der Waals surface area contributed by atoms with Gasteiger partial charge in [-0.15, -0.1) is 0 Å². The molecule has 1 atom stereocenters. The van der Waals surface area contributed by atoms with Gasteiger partial charge in [-0.25, -0.2) is 9.59 Å². The zero-order chi connectivity index (χ0) is 19.4. The third kappa shape index (κ3) is 3.72. The van der Waals surface area contributed by atoms with Crippen molar-refractivity contribution in [3.63, 3.8) is 0 Å². The average molecular weight is 365 g/mol. The molecular formula is C22H23NO4. The van der Waals surface area contributed by atoms with E-state index >= 15 is 0 Å². The molecule has 0 aliphatic heterocycles. The van der Waals surface area contributed by atoms with Crippen LogP contribution >= 0.6 is 0 Å². The van der Waals surface area contributed by atoms with Gasteiger partial charge in [0.15, 0.2) is 0 Å². The second-order valence-electron chi connectivity index (χ2n) is 6.31. The van der Waals surface area contributed by atoms with Gasteiger partial charge in [0.1, 0.15) is 6.10 Å². The fourth-order valence-corrected chi connectivity index (χ4v) is 3.08. The Hall–Kier alpha value is -3.08. The lowest BCUT2D eigenvalue weighted by atomic mass is 9.94. The van der Waals surface area contributed by atoms with Crippen LogP contribution in [0, 0.1) is 0 Å². The third-order valence-electron chi connectivity index (χ3n) is 4.52. The zero-order valence-electron chi connectivity index (χ0n) is 15.7. The maximum Gasteiger partial charge on any atom is 0.411 e. The highest BCUT2D eigenvalue weighted by atomic mass is 16.6. The number of amides is 1. The van der Waals surface area contributed by atoms with Gasteiger partial charge in [0.05, 0.1) is 17.9 Å². The number of carbonyl (C=O) groups excluding carboxylic acids is 2. The predicted octanol–water partition coefficient (Wildman–Crippen LogP) is 5.52. The van der Waals surface area contributed by atoms with E-state index in [0.29, 0.717) is 17.9 Å². The first kappa shape index (κ1) is 18.7. The van der Waals surface area contributed by atoms with Gasteiger partial charge in [-0.2, -0.15) is 0 Å². The van der Waals surface area contributed by atoms with Crippen molar-refractivity contribution < 1.29 is 19.1 Å². The molecule has 0 aliphatic carbocycles. The number of hydrogen-bond acceptors (Lipinski definition) is 4. The SMILES string of the molecule is CCOC(=O)c1c2ccccc2c(NC(=O)OC(C)CC)c2ccccc12. The lowest BCUT2D eigenvalue weighted by Gasteiger charge is -2.17. The molecular weight excluding hydrogens is 342 g/mol. The fraction of sp³-hybridized carbons (Fsp3) is 0.273. The normalized spacial score (nSPS) is 12.0. The number of ether oxygens (including phenoxy) is 2. The van der Waals surface area contributed by atoms with Gasteiger partial charge in [-0.1, -0.05) is 55.5 Å². The summed E-state index contributed by atoms with van der Waals surface area (Å²) >= 11 is 0. The quantitative estimate of drug-likeness (QED) is 0.478. The van der Waals surface area contributed by atoms with E-state index in [2.05, 4.69) is 5.32 Å². The van der Waals surface area contributed by atoms with Crippen LogP contribution in [0.3, 0.4) is 0 Å². The van der Waals surface area contributed by atoms with Crippen LogP contribution in [0.15, 0.2) is 48.5 Å². The van der Waals surface area contributed by atoms with Crippen LogP contribution in [-0.4, -0.2) is 24.8 Å². The zero-order valence-corrected chi connectivity index (χ0v) is 15.7. The molecule has 0 radical (unpaired) electrons. The molecule has 0 spiro atoms. The molecule has 1 amide bonds. The largest absolute Gasteiger partial charge is 0.462 e. The van der Waals surface area contributed by atoms with E-state index in [0.717, 1.165) is 28.0 Å². The van der Waals surface area contributed by atoms with E-state index in [-0.39, 0.29) is 12.1 Å². The minimum absolute atomic E-state index is 0.179. The summed E-state index contributed by atoms with van der Waals surface area (Å²) in [6.45, 7) is 5.88. The van der Waals surface area contributed by atoms with Crippen molar-refractivity contribution in [3.05, 3.63) is 54.1 Å². The summed E-state index contributed by atoms with van der Waals surface area (Å²) in [6.07, 6.45) is 0.0429. The van der Waals surface area contributed by atoms with Gasteiger partial charge in [0, 0.05) is 10.8 Å². The van der Waals surface area contributed by atoms with Crippen LogP contribution in [0.25, 0.3) is 21.5 Å². The van der Waals surface area contributed by atoms with Crippen molar-refractivity contribution in [1.82, 2.24) is 0 Å². The second-order valence-corrected chi connectivity index (χ2v) is 6.31. The molecule has 0 aromatic heterocycles. The minimum atomic E-state index is -0.511. The number of hydrogen-bond donors (Lipinski definition) is 1. The van der Waals surface area contributed by atoms with E-state index in [1.165, 1.54) is 0 Å². The highest BCUT2D eigenvalue weighted by Crippen LogP contribution is 2.37. The summed E-state index contributed by atoms with van der Waals surface area (Å²) in [4.78, 5) is 25.0. The Bertz CT molecular complexity index is 939. The van der Waals surface area contributed by atoms with Crippen LogP contribution in [0.2, 0.25) is 0 Å². The molecule has 1 unspecified atom stereocenters. The van der Waals surface area contributed by atoms with Crippen LogP contribution < -0.4 is 5.32 Å². The summed E-state index contributed by atoms with van der Waals surface area (Å²) in [5.74, 6) is -0.376. The highest BCUT2D eigenvalue weighted by molar-refractivity contribution is 6.24. The number of esters is 1. The Morgan fingerprint density at radius 1 is 0.926 bits per heavy atom. The topological polar surface area (TPSA) is 64.6 Å². The molecule has 3 rings (SSSR count). The van der Waals surface area contributed by atoms with E-state index in [1.54, 1.807) is 6.92 Å². The van der Waals surface area contributed by atoms with Crippen LogP contribution in [0.1, 0.15) is 37.6 Å². The van der Waals surface area contributed by atoms with Crippen LogP contribution in [0.4, 0.5) is 10.5 Å². The van der Waals surface area contributed by atoms with E-state index in [9.17, 15) is 9.59 Å². The number of anilines is 1. The molecule has 27 heavy (non-hydrogen) atoms. The molecule has 0 saturated carbocycles. The monoisotopic (exact) mass is 365 g/mol. The van der Waals surface area contributed by atoms with Gasteiger partial charge in [-0.05, 0) is 31.0 Å². The number of benzene rings is 3. The lowest BCUT2D eigenvalue weighted by Crippen LogP contribution is -2.20. The molecule has 5 heteroatoms. The number of nitrogens with one attached hydrogen (secondary N) is 1. The van der Waals surface area contributed by atoms with E-state index in [1.807, 2.05) is 62.4 Å². The number of carbonyl (C=O) groups is 2. The third-order valence-corrected chi connectivity index (χ3v) is 4.52. The predicted molar refractivity (Wildman–Crippen MR) is 107 cm³/mol. The molecule has 3 aromatic rings. The maximum atomic E-state index is 12.7.